The van der Waals surface area contributed by atoms with Crippen LogP contribution < -0.4 is 10.1 Å². The van der Waals surface area contributed by atoms with E-state index in [1.54, 1.807) is 48.5 Å². The van der Waals surface area contributed by atoms with Crippen molar-refractivity contribution >= 4 is 74.7 Å². The smallest absolute Gasteiger partial charge is 0.352 e. The van der Waals surface area contributed by atoms with Gasteiger partial charge in [-0.1, -0.05) is 48.0 Å². The molecule has 1 amide bonds. The zero-order valence-electron chi connectivity index (χ0n) is 15.9. The van der Waals surface area contributed by atoms with Crippen LogP contribution in [0.3, 0.4) is 0 Å². The first kappa shape index (κ1) is 23.6. The number of rotatable bonds is 7. The third-order valence-electron chi connectivity index (χ3n) is 4.18. The number of carbonyl (C=O) groups is 2. The molecule has 0 saturated carbocycles. The average Bonchev–Trinajstić information content (AvgIpc) is 2.74. The summed E-state index contributed by atoms with van der Waals surface area (Å²) in [7, 11) is 0. The van der Waals surface area contributed by atoms with Crippen LogP contribution in [0.25, 0.3) is 6.08 Å². The Labute approximate surface area is 211 Å². The van der Waals surface area contributed by atoms with E-state index in [1.165, 1.54) is 6.08 Å². The number of carbonyl (C=O) groups excluding carboxylic acids is 1. The van der Waals surface area contributed by atoms with Gasteiger partial charge >= 0.3 is 5.97 Å². The summed E-state index contributed by atoms with van der Waals surface area (Å²) >= 11 is 10.5. The Morgan fingerprint density at radius 2 is 1.61 bits per heavy atom. The van der Waals surface area contributed by atoms with E-state index in [1.807, 2.05) is 18.2 Å². The van der Waals surface area contributed by atoms with Gasteiger partial charge in [-0.25, -0.2) is 4.79 Å². The van der Waals surface area contributed by atoms with Gasteiger partial charge in [0.25, 0.3) is 5.91 Å². The number of nitrogens with one attached hydrogen (secondary N) is 1. The highest BCUT2D eigenvalue weighted by Crippen LogP contribution is 2.31. The summed E-state index contributed by atoms with van der Waals surface area (Å²) in [6.07, 6.45) is 1.42. The van der Waals surface area contributed by atoms with Gasteiger partial charge in [0.15, 0.2) is 0 Å². The van der Waals surface area contributed by atoms with E-state index in [2.05, 4.69) is 50.5 Å². The standard InChI is InChI=1S/C23H16ClI2NO4/c24-17-9-5-4-8-16(17)13-31-21-18(25)10-14(11-19(21)26)12-20(23(29)30)27-22(28)15-6-2-1-3-7-15/h1-12H,13H2,(H,27,28)(H,29,30). The van der Waals surface area contributed by atoms with Crippen LogP contribution in [0.5, 0.6) is 5.75 Å². The minimum absolute atomic E-state index is 0.217. The summed E-state index contributed by atoms with van der Waals surface area (Å²) in [6.45, 7) is 0.314. The quantitative estimate of drug-likeness (QED) is 0.242. The lowest BCUT2D eigenvalue weighted by Gasteiger charge is -2.13. The van der Waals surface area contributed by atoms with Crippen molar-refractivity contribution in [2.24, 2.45) is 0 Å². The summed E-state index contributed by atoms with van der Waals surface area (Å²) in [5, 5.41) is 12.6. The predicted octanol–water partition coefficient (Wildman–Crippen LogP) is 5.98. The molecule has 0 aliphatic heterocycles. The van der Waals surface area contributed by atoms with Crippen molar-refractivity contribution in [3.63, 3.8) is 0 Å². The molecule has 0 bridgehead atoms. The molecule has 0 atom stereocenters. The predicted molar refractivity (Wildman–Crippen MR) is 137 cm³/mol. The van der Waals surface area contributed by atoms with E-state index in [-0.39, 0.29) is 5.70 Å². The topological polar surface area (TPSA) is 75.6 Å². The van der Waals surface area contributed by atoms with E-state index in [0.717, 1.165) is 12.7 Å². The monoisotopic (exact) mass is 659 g/mol. The third kappa shape index (κ3) is 6.44. The van der Waals surface area contributed by atoms with Crippen molar-refractivity contribution in [1.29, 1.82) is 0 Å². The fourth-order valence-electron chi connectivity index (χ4n) is 2.67. The number of halogens is 3. The number of carboxylic acids is 1. The van der Waals surface area contributed by atoms with Crippen LogP contribution in [0, 0.1) is 7.14 Å². The van der Waals surface area contributed by atoms with Crippen LogP contribution in [0.15, 0.2) is 72.4 Å². The molecule has 31 heavy (non-hydrogen) atoms. The summed E-state index contributed by atoms with van der Waals surface area (Å²) in [5.74, 6) is -1.03. The Morgan fingerprint density at radius 1 is 1.00 bits per heavy atom. The molecule has 3 rings (SSSR count). The van der Waals surface area contributed by atoms with E-state index in [0.29, 0.717) is 28.5 Å². The maximum atomic E-state index is 12.3. The molecule has 0 aliphatic rings. The lowest BCUT2D eigenvalue weighted by Crippen LogP contribution is -2.27. The van der Waals surface area contributed by atoms with Gasteiger partial charge in [0.2, 0.25) is 0 Å². The number of hydrogen-bond donors (Lipinski definition) is 2. The van der Waals surface area contributed by atoms with Gasteiger partial charge in [0.1, 0.15) is 18.1 Å². The number of benzene rings is 3. The minimum atomic E-state index is -1.23. The molecule has 3 aromatic carbocycles. The number of hydrogen-bond acceptors (Lipinski definition) is 3. The minimum Gasteiger partial charge on any atom is -0.487 e. The number of carboxylic acid groups (broad SMARTS) is 1. The first-order valence-corrected chi connectivity index (χ1v) is 11.6. The number of ether oxygens (including phenoxy) is 1. The van der Waals surface area contributed by atoms with Crippen molar-refractivity contribution in [3.05, 3.63) is 101 Å². The molecule has 0 fully saturated rings. The molecule has 0 spiro atoms. The van der Waals surface area contributed by atoms with Gasteiger partial charge in [0.05, 0.1) is 7.14 Å². The van der Waals surface area contributed by atoms with Crippen LogP contribution in [0.2, 0.25) is 5.02 Å². The Balaban J connectivity index is 1.81. The van der Waals surface area contributed by atoms with E-state index in [4.69, 9.17) is 16.3 Å². The Hall–Kier alpha value is -2.11. The maximum absolute atomic E-state index is 12.3. The Bertz CT molecular complexity index is 1130. The normalized spacial score (nSPS) is 11.1. The zero-order chi connectivity index (χ0) is 22.4. The SMILES string of the molecule is O=C(O)C(=Cc1cc(I)c(OCc2ccccc2Cl)c(I)c1)NC(=O)c1ccccc1. The summed E-state index contributed by atoms with van der Waals surface area (Å²) in [4.78, 5) is 24.0. The largest absolute Gasteiger partial charge is 0.487 e. The lowest BCUT2D eigenvalue weighted by atomic mass is 10.1. The van der Waals surface area contributed by atoms with Crippen molar-refractivity contribution in [2.75, 3.05) is 0 Å². The molecule has 0 unspecified atom stereocenters. The fraction of sp³-hybridized carbons (Fsp3) is 0.0435. The molecule has 8 heteroatoms. The molecule has 0 radical (unpaired) electrons. The van der Waals surface area contributed by atoms with Crippen LogP contribution in [-0.4, -0.2) is 17.0 Å². The highest BCUT2D eigenvalue weighted by atomic mass is 127. The van der Waals surface area contributed by atoms with Gasteiger partial charge in [-0.05, 0) is 87.2 Å². The van der Waals surface area contributed by atoms with Crippen LogP contribution in [-0.2, 0) is 11.4 Å². The first-order valence-electron chi connectivity index (χ1n) is 9.02. The zero-order valence-corrected chi connectivity index (χ0v) is 21.0. The Morgan fingerprint density at radius 3 is 2.23 bits per heavy atom. The molecule has 158 valence electrons. The average molecular weight is 660 g/mol. The molecular weight excluding hydrogens is 644 g/mol. The van der Waals surface area contributed by atoms with Crippen LogP contribution >= 0.6 is 56.8 Å². The van der Waals surface area contributed by atoms with E-state index in [9.17, 15) is 14.7 Å². The van der Waals surface area contributed by atoms with Gasteiger partial charge in [-0.3, -0.25) is 4.79 Å². The highest BCUT2D eigenvalue weighted by Gasteiger charge is 2.15. The summed E-state index contributed by atoms with van der Waals surface area (Å²) in [5.41, 5.74) is 1.66. The van der Waals surface area contributed by atoms with E-state index < -0.39 is 11.9 Å². The molecular formula is C23H16ClI2NO4. The summed E-state index contributed by atoms with van der Waals surface area (Å²) in [6, 6.07) is 19.5. The molecule has 0 aromatic heterocycles. The van der Waals surface area contributed by atoms with E-state index >= 15 is 0 Å². The third-order valence-corrected chi connectivity index (χ3v) is 6.15. The van der Waals surface area contributed by atoms with Gasteiger partial charge in [0, 0.05) is 16.1 Å². The second kappa shape index (κ2) is 11.0. The molecule has 3 aromatic rings. The van der Waals surface area contributed by atoms with Crippen molar-refractivity contribution < 1.29 is 19.4 Å². The first-order chi connectivity index (χ1) is 14.8. The van der Waals surface area contributed by atoms with Crippen LogP contribution in [0.1, 0.15) is 21.5 Å². The number of amides is 1. The molecule has 2 N–H and O–H groups in total. The van der Waals surface area contributed by atoms with Crippen LogP contribution in [0.4, 0.5) is 0 Å². The molecule has 0 heterocycles. The van der Waals surface area contributed by atoms with Crippen molar-refractivity contribution in [2.45, 2.75) is 6.61 Å². The Kier molecular flexibility index (Phi) is 8.33. The lowest BCUT2D eigenvalue weighted by molar-refractivity contribution is -0.132. The summed E-state index contributed by atoms with van der Waals surface area (Å²) < 4.78 is 7.57. The fourth-order valence-corrected chi connectivity index (χ4v) is 4.99. The van der Waals surface area contributed by atoms with Gasteiger partial charge in [-0.15, -0.1) is 0 Å². The molecule has 5 nitrogen and oxygen atoms in total. The van der Waals surface area contributed by atoms with Crippen molar-refractivity contribution in [3.8, 4) is 5.75 Å². The number of aliphatic carboxylic acids is 1. The van der Waals surface area contributed by atoms with Gasteiger partial charge in [-0.2, -0.15) is 0 Å². The maximum Gasteiger partial charge on any atom is 0.352 e. The second-order valence-corrected chi connectivity index (χ2v) is 9.11. The molecule has 0 aliphatic carbocycles. The van der Waals surface area contributed by atoms with Crippen molar-refractivity contribution in [1.82, 2.24) is 5.32 Å². The van der Waals surface area contributed by atoms with Gasteiger partial charge < -0.3 is 15.2 Å². The highest BCUT2D eigenvalue weighted by molar-refractivity contribution is 14.1. The molecule has 0 saturated heterocycles. The second-order valence-electron chi connectivity index (χ2n) is 6.38.